The molecule has 1 atom stereocenters. The third kappa shape index (κ3) is 3.30. The van der Waals surface area contributed by atoms with Crippen molar-refractivity contribution in [2.75, 3.05) is 13.7 Å². The van der Waals surface area contributed by atoms with Crippen molar-refractivity contribution in [3.05, 3.63) is 11.7 Å². The standard InChI is InChI=1S/C10H16N2O4/c1-4-7(14-3)10-11-8(16-12-10)6-9(13)15-5-2/h7H,4-6H2,1-3H3. The van der Waals surface area contributed by atoms with Crippen LogP contribution in [0.3, 0.4) is 0 Å². The third-order valence-electron chi connectivity index (χ3n) is 2.03. The number of hydrogen-bond acceptors (Lipinski definition) is 6. The molecule has 0 saturated heterocycles. The quantitative estimate of drug-likeness (QED) is 0.682. The molecule has 16 heavy (non-hydrogen) atoms. The number of ether oxygens (including phenoxy) is 2. The molecule has 0 bridgehead atoms. The Morgan fingerprint density at radius 1 is 1.50 bits per heavy atom. The van der Waals surface area contributed by atoms with E-state index in [0.29, 0.717) is 12.4 Å². The zero-order chi connectivity index (χ0) is 12.0. The fourth-order valence-electron chi connectivity index (χ4n) is 1.26. The lowest BCUT2D eigenvalue weighted by Crippen LogP contribution is -2.08. The summed E-state index contributed by atoms with van der Waals surface area (Å²) in [5.41, 5.74) is 0. The minimum atomic E-state index is -0.372. The van der Waals surface area contributed by atoms with Gasteiger partial charge >= 0.3 is 5.97 Å². The molecule has 0 radical (unpaired) electrons. The second kappa shape index (κ2) is 6.22. The lowest BCUT2D eigenvalue weighted by Gasteiger charge is -2.05. The fourth-order valence-corrected chi connectivity index (χ4v) is 1.26. The minimum Gasteiger partial charge on any atom is -0.466 e. The molecule has 6 heteroatoms. The van der Waals surface area contributed by atoms with E-state index in [1.807, 2.05) is 6.92 Å². The zero-order valence-corrected chi connectivity index (χ0v) is 9.73. The molecule has 0 spiro atoms. The van der Waals surface area contributed by atoms with E-state index in [1.54, 1.807) is 14.0 Å². The van der Waals surface area contributed by atoms with Crippen LogP contribution >= 0.6 is 0 Å². The van der Waals surface area contributed by atoms with Gasteiger partial charge in [-0.15, -0.1) is 0 Å². The van der Waals surface area contributed by atoms with Crippen LogP contribution in [-0.4, -0.2) is 29.8 Å². The van der Waals surface area contributed by atoms with Crippen LogP contribution in [0.2, 0.25) is 0 Å². The predicted molar refractivity (Wildman–Crippen MR) is 54.7 cm³/mol. The molecule has 90 valence electrons. The van der Waals surface area contributed by atoms with Crippen LogP contribution in [0.15, 0.2) is 4.52 Å². The molecule has 0 fully saturated rings. The van der Waals surface area contributed by atoms with Crippen molar-refractivity contribution >= 4 is 5.97 Å². The molecule has 1 aromatic rings. The number of methoxy groups -OCH3 is 1. The van der Waals surface area contributed by atoms with Crippen LogP contribution in [0.4, 0.5) is 0 Å². The maximum absolute atomic E-state index is 11.1. The average molecular weight is 228 g/mol. The Hall–Kier alpha value is -1.43. The average Bonchev–Trinajstić information content (AvgIpc) is 2.68. The first-order valence-electron chi connectivity index (χ1n) is 5.22. The summed E-state index contributed by atoms with van der Waals surface area (Å²) < 4.78 is 14.8. The molecular weight excluding hydrogens is 212 g/mol. The van der Waals surface area contributed by atoms with E-state index in [9.17, 15) is 4.79 Å². The van der Waals surface area contributed by atoms with Crippen LogP contribution in [0.25, 0.3) is 0 Å². The summed E-state index contributed by atoms with van der Waals surface area (Å²) >= 11 is 0. The summed E-state index contributed by atoms with van der Waals surface area (Å²) in [7, 11) is 1.58. The number of rotatable bonds is 6. The molecule has 0 aliphatic carbocycles. The Morgan fingerprint density at radius 2 is 2.25 bits per heavy atom. The summed E-state index contributed by atoms with van der Waals surface area (Å²) in [4.78, 5) is 15.2. The number of nitrogens with zero attached hydrogens (tertiary/aromatic N) is 2. The first-order valence-corrected chi connectivity index (χ1v) is 5.22. The lowest BCUT2D eigenvalue weighted by molar-refractivity contribution is -0.142. The predicted octanol–water partition coefficient (Wildman–Crippen LogP) is 1.27. The number of carbonyl (C=O) groups is 1. The van der Waals surface area contributed by atoms with Gasteiger partial charge in [-0.05, 0) is 13.3 Å². The van der Waals surface area contributed by atoms with Crippen molar-refractivity contribution in [2.24, 2.45) is 0 Å². The summed E-state index contributed by atoms with van der Waals surface area (Å²) in [6.45, 7) is 4.04. The Morgan fingerprint density at radius 3 is 2.81 bits per heavy atom. The first kappa shape index (κ1) is 12.6. The van der Waals surface area contributed by atoms with Crippen molar-refractivity contribution in [3.8, 4) is 0 Å². The molecule has 0 saturated carbocycles. The van der Waals surface area contributed by atoms with Crippen molar-refractivity contribution in [2.45, 2.75) is 32.8 Å². The molecule has 0 aliphatic heterocycles. The third-order valence-corrected chi connectivity index (χ3v) is 2.03. The summed E-state index contributed by atoms with van der Waals surface area (Å²) in [6.07, 6.45) is 0.551. The van der Waals surface area contributed by atoms with Crippen molar-refractivity contribution < 1.29 is 18.8 Å². The van der Waals surface area contributed by atoms with Gasteiger partial charge < -0.3 is 14.0 Å². The van der Waals surface area contributed by atoms with Gasteiger partial charge in [0.15, 0.2) is 0 Å². The molecular formula is C10H16N2O4. The van der Waals surface area contributed by atoms with E-state index in [-0.39, 0.29) is 24.4 Å². The molecule has 0 N–H and O–H groups in total. The number of carbonyl (C=O) groups excluding carboxylic acids is 1. The zero-order valence-electron chi connectivity index (χ0n) is 9.73. The molecule has 1 aromatic heterocycles. The lowest BCUT2D eigenvalue weighted by atomic mass is 10.2. The van der Waals surface area contributed by atoms with Gasteiger partial charge in [0, 0.05) is 7.11 Å². The number of hydrogen-bond donors (Lipinski definition) is 0. The van der Waals surface area contributed by atoms with E-state index in [1.165, 1.54) is 0 Å². The fraction of sp³-hybridized carbons (Fsp3) is 0.700. The number of aromatic nitrogens is 2. The minimum absolute atomic E-state index is 0.000981. The summed E-state index contributed by atoms with van der Waals surface area (Å²) in [6, 6.07) is 0. The van der Waals surface area contributed by atoms with Gasteiger partial charge in [-0.1, -0.05) is 12.1 Å². The van der Waals surface area contributed by atoms with Crippen LogP contribution in [0.5, 0.6) is 0 Å². The van der Waals surface area contributed by atoms with Gasteiger partial charge in [0.1, 0.15) is 12.5 Å². The highest BCUT2D eigenvalue weighted by molar-refractivity contribution is 5.71. The Kier molecular flexibility index (Phi) is 4.91. The van der Waals surface area contributed by atoms with Crippen LogP contribution in [0.1, 0.15) is 38.1 Å². The van der Waals surface area contributed by atoms with Crippen molar-refractivity contribution in [3.63, 3.8) is 0 Å². The SMILES string of the molecule is CCOC(=O)Cc1nc(C(CC)OC)no1. The van der Waals surface area contributed by atoms with Crippen molar-refractivity contribution in [1.82, 2.24) is 10.1 Å². The highest BCUT2D eigenvalue weighted by atomic mass is 16.5. The highest BCUT2D eigenvalue weighted by Gasteiger charge is 2.17. The smallest absolute Gasteiger partial charge is 0.315 e. The Labute approximate surface area is 93.9 Å². The molecule has 6 nitrogen and oxygen atoms in total. The topological polar surface area (TPSA) is 74.5 Å². The summed E-state index contributed by atoms with van der Waals surface area (Å²) in [5, 5.41) is 3.75. The van der Waals surface area contributed by atoms with E-state index in [2.05, 4.69) is 10.1 Å². The first-order chi connectivity index (χ1) is 7.71. The maximum Gasteiger partial charge on any atom is 0.315 e. The largest absolute Gasteiger partial charge is 0.466 e. The second-order valence-corrected chi connectivity index (χ2v) is 3.16. The molecule has 0 amide bonds. The van der Waals surface area contributed by atoms with E-state index < -0.39 is 0 Å². The van der Waals surface area contributed by atoms with Crippen LogP contribution in [0, 0.1) is 0 Å². The van der Waals surface area contributed by atoms with Gasteiger partial charge in [0.05, 0.1) is 6.61 Å². The monoisotopic (exact) mass is 228 g/mol. The van der Waals surface area contributed by atoms with Gasteiger partial charge in [-0.2, -0.15) is 4.98 Å². The van der Waals surface area contributed by atoms with Crippen LogP contribution in [-0.2, 0) is 20.7 Å². The Bertz CT molecular complexity index is 333. The second-order valence-electron chi connectivity index (χ2n) is 3.16. The van der Waals surface area contributed by atoms with E-state index in [0.717, 1.165) is 6.42 Å². The molecule has 0 aliphatic rings. The van der Waals surface area contributed by atoms with E-state index in [4.69, 9.17) is 14.0 Å². The highest BCUT2D eigenvalue weighted by Crippen LogP contribution is 2.16. The van der Waals surface area contributed by atoms with Gasteiger partial charge in [-0.3, -0.25) is 4.79 Å². The van der Waals surface area contributed by atoms with Crippen LogP contribution < -0.4 is 0 Å². The Balaban J connectivity index is 2.60. The van der Waals surface area contributed by atoms with Gasteiger partial charge in [-0.25, -0.2) is 0 Å². The normalized spacial score (nSPS) is 12.4. The molecule has 1 heterocycles. The maximum atomic E-state index is 11.1. The summed E-state index contributed by atoms with van der Waals surface area (Å²) in [5.74, 6) is 0.344. The number of esters is 1. The van der Waals surface area contributed by atoms with Gasteiger partial charge in [0.25, 0.3) is 0 Å². The van der Waals surface area contributed by atoms with Crippen molar-refractivity contribution in [1.29, 1.82) is 0 Å². The van der Waals surface area contributed by atoms with E-state index >= 15 is 0 Å². The molecule has 0 aromatic carbocycles. The molecule has 1 unspecified atom stereocenters. The van der Waals surface area contributed by atoms with Gasteiger partial charge in [0.2, 0.25) is 11.7 Å². The molecule has 1 rings (SSSR count).